The Hall–Kier alpha value is 0.590. The van der Waals surface area contributed by atoms with Crippen LogP contribution in [0.2, 0.25) is 0 Å². The lowest BCUT2D eigenvalue weighted by molar-refractivity contribution is 0.370. The van der Waals surface area contributed by atoms with Crippen molar-refractivity contribution in [1.29, 1.82) is 0 Å². The molecule has 2 N–H and O–H groups in total. The standard InChI is InChI=1S/C16H33O3PS2/c17-20(18,19)15-13-11-9-7-5-3-1-2-4-6-8-10-12-14-16(21)22/h1-15H2,(H,21,22)(H2,17,18,19). The van der Waals surface area contributed by atoms with Gasteiger partial charge in [0, 0.05) is 10.4 Å². The largest absolute Gasteiger partial charge is 0.325 e. The molecule has 0 aromatic rings. The molecule has 3 nitrogen and oxygen atoms in total. The third-order valence-electron chi connectivity index (χ3n) is 3.84. The van der Waals surface area contributed by atoms with Crippen LogP contribution in [0.1, 0.15) is 89.9 Å². The Kier molecular flexibility index (Phi) is 15.5. The monoisotopic (exact) mass is 368 g/mol. The van der Waals surface area contributed by atoms with Gasteiger partial charge in [-0.05, 0) is 19.3 Å². The lowest BCUT2D eigenvalue weighted by atomic mass is 10.0. The Balaban J connectivity index is 3.06. The third-order valence-corrected chi connectivity index (χ3v) is 5.17. The van der Waals surface area contributed by atoms with Crippen LogP contribution in [-0.2, 0) is 4.57 Å². The molecule has 0 bridgehead atoms. The number of hydrogen-bond acceptors (Lipinski definition) is 2. The second-order valence-electron chi connectivity index (χ2n) is 6.13. The zero-order valence-electron chi connectivity index (χ0n) is 13.7. The van der Waals surface area contributed by atoms with E-state index in [9.17, 15) is 4.57 Å². The lowest BCUT2D eigenvalue weighted by Gasteiger charge is -2.04. The normalized spacial score (nSPS) is 11.8. The molecule has 0 atom stereocenters. The average molecular weight is 369 g/mol. The summed E-state index contributed by atoms with van der Waals surface area (Å²) in [6.45, 7) is 0. The zero-order valence-corrected chi connectivity index (χ0v) is 16.3. The number of rotatable bonds is 16. The van der Waals surface area contributed by atoms with Gasteiger partial charge >= 0.3 is 7.60 Å². The first-order valence-corrected chi connectivity index (χ1v) is 11.3. The van der Waals surface area contributed by atoms with Gasteiger partial charge in [-0.15, -0.1) is 12.6 Å². The summed E-state index contributed by atoms with van der Waals surface area (Å²) in [7, 11) is -3.77. The number of hydrogen-bond donors (Lipinski definition) is 3. The molecule has 0 amide bonds. The average Bonchev–Trinajstić information content (AvgIpc) is 2.41. The van der Waals surface area contributed by atoms with Crippen LogP contribution in [0.25, 0.3) is 0 Å². The van der Waals surface area contributed by atoms with E-state index in [1.165, 1.54) is 64.2 Å². The van der Waals surface area contributed by atoms with Crippen molar-refractivity contribution in [3.05, 3.63) is 0 Å². The maximum Gasteiger partial charge on any atom is 0.325 e. The SMILES string of the molecule is O=P(O)(O)CCCCCCCCCCCCCCCC(=S)S. The molecule has 0 saturated heterocycles. The Bertz CT molecular complexity index is 319. The van der Waals surface area contributed by atoms with Crippen molar-refractivity contribution in [3.63, 3.8) is 0 Å². The van der Waals surface area contributed by atoms with Gasteiger partial charge in [-0.2, -0.15) is 0 Å². The van der Waals surface area contributed by atoms with Crippen LogP contribution in [0, 0.1) is 0 Å². The molecular weight excluding hydrogens is 335 g/mol. The van der Waals surface area contributed by atoms with Gasteiger partial charge < -0.3 is 9.79 Å². The fraction of sp³-hybridized carbons (Fsp3) is 0.938. The highest BCUT2D eigenvalue weighted by Crippen LogP contribution is 2.35. The molecule has 0 spiro atoms. The summed E-state index contributed by atoms with van der Waals surface area (Å²) in [5.74, 6) is 0. The molecule has 0 aromatic heterocycles. The van der Waals surface area contributed by atoms with E-state index >= 15 is 0 Å². The summed E-state index contributed by atoms with van der Waals surface area (Å²) in [6, 6.07) is 0. The van der Waals surface area contributed by atoms with Crippen molar-refractivity contribution >= 4 is 36.6 Å². The number of unbranched alkanes of at least 4 members (excludes halogenated alkanes) is 12. The highest BCUT2D eigenvalue weighted by Gasteiger charge is 2.10. The molecule has 0 rings (SSSR count). The molecule has 0 aliphatic heterocycles. The predicted molar refractivity (Wildman–Crippen MR) is 103 cm³/mol. The van der Waals surface area contributed by atoms with Gasteiger partial charge in [0.25, 0.3) is 0 Å². The summed E-state index contributed by atoms with van der Waals surface area (Å²) in [5, 5.41) is 0. The van der Waals surface area contributed by atoms with Crippen LogP contribution in [0.15, 0.2) is 0 Å². The van der Waals surface area contributed by atoms with E-state index in [2.05, 4.69) is 12.6 Å². The summed E-state index contributed by atoms with van der Waals surface area (Å²) < 4.78 is 11.5. The second kappa shape index (κ2) is 15.1. The Morgan fingerprint density at radius 1 is 0.727 bits per heavy atom. The van der Waals surface area contributed by atoms with E-state index in [1.54, 1.807) is 0 Å². The minimum absolute atomic E-state index is 0.0484. The van der Waals surface area contributed by atoms with E-state index < -0.39 is 7.60 Å². The minimum Gasteiger partial charge on any atom is -0.324 e. The van der Waals surface area contributed by atoms with Crippen molar-refractivity contribution in [2.75, 3.05) is 6.16 Å². The Labute approximate surface area is 147 Å². The van der Waals surface area contributed by atoms with Crippen molar-refractivity contribution in [1.82, 2.24) is 0 Å². The van der Waals surface area contributed by atoms with Gasteiger partial charge in [0.15, 0.2) is 0 Å². The lowest BCUT2D eigenvalue weighted by Crippen LogP contribution is -1.88. The first-order valence-electron chi connectivity index (χ1n) is 8.68. The summed E-state index contributed by atoms with van der Waals surface area (Å²) in [5.41, 5.74) is 0. The third kappa shape index (κ3) is 20.6. The molecule has 0 saturated carbocycles. The maximum absolute atomic E-state index is 10.7. The molecule has 0 unspecified atom stereocenters. The van der Waals surface area contributed by atoms with E-state index in [0.717, 1.165) is 23.5 Å². The highest BCUT2D eigenvalue weighted by atomic mass is 32.1. The summed E-state index contributed by atoms with van der Waals surface area (Å²) in [4.78, 5) is 17.5. The van der Waals surface area contributed by atoms with E-state index in [1.807, 2.05) is 0 Å². The smallest absolute Gasteiger partial charge is 0.324 e. The molecule has 132 valence electrons. The molecule has 6 heteroatoms. The van der Waals surface area contributed by atoms with Gasteiger partial charge in [0.1, 0.15) is 0 Å². The van der Waals surface area contributed by atoms with E-state index in [0.29, 0.717) is 6.42 Å². The van der Waals surface area contributed by atoms with E-state index in [-0.39, 0.29) is 6.16 Å². The van der Waals surface area contributed by atoms with Crippen LogP contribution < -0.4 is 0 Å². The fourth-order valence-corrected chi connectivity index (χ4v) is 3.48. The molecule has 0 aliphatic carbocycles. The maximum atomic E-state index is 10.7. The minimum atomic E-state index is -3.77. The van der Waals surface area contributed by atoms with Crippen molar-refractivity contribution in [2.24, 2.45) is 0 Å². The summed E-state index contributed by atoms with van der Waals surface area (Å²) >= 11 is 9.06. The molecule has 0 radical (unpaired) electrons. The number of thiol groups is 1. The Morgan fingerprint density at radius 2 is 1.05 bits per heavy atom. The summed E-state index contributed by atoms with van der Waals surface area (Å²) in [6.07, 6.45) is 16.6. The molecule has 0 aliphatic rings. The first kappa shape index (κ1) is 22.6. The van der Waals surface area contributed by atoms with Crippen LogP contribution in [0.3, 0.4) is 0 Å². The molecule has 0 fully saturated rings. The number of thiocarbonyl (C=S) groups is 1. The van der Waals surface area contributed by atoms with Crippen LogP contribution >= 0.6 is 32.4 Å². The topological polar surface area (TPSA) is 57.5 Å². The molecule has 0 aromatic carbocycles. The molecule has 0 heterocycles. The molecule has 22 heavy (non-hydrogen) atoms. The highest BCUT2D eigenvalue weighted by molar-refractivity contribution is 8.11. The predicted octanol–water partition coefficient (Wildman–Crippen LogP) is 5.88. The van der Waals surface area contributed by atoms with Crippen LogP contribution in [0.5, 0.6) is 0 Å². The molecular formula is C16H33O3PS2. The first-order chi connectivity index (χ1) is 10.4. The van der Waals surface area contributed by atoms with Gasteiger partial charge in [0.05, 0.1) is 0 Å². The quantitative estimate of drug-likeness (QED) is 0.138. The fourth-order valence-electron chi connectivity index (χ4n) is 2.54. The van der Waals surface area contributed by atoms with Crippen LogP contribution in [0.4, 0.5) is 0 Å². The van der Waals surface area contributed by atoms with Gasteiger partial charge in [-0.3, -0.25) is 4.57 Å². The van der Waals surface area contributed by atoms with Crippen LogP contribution in [-0.4, -0.2) is 20.1 Å². The van der Waals surface area contributed by atoms with Gasteiger partial charge in [0.2, 0.25) is 0 Å². The Morgan fingerprint density at radius 3 is 1.36 bits per heavy atom. The van der Waals surface area contributed by atoms with Crippen molar-refractivity contribution < 1.29 is 14.4 Å². The van der Waals surface area contributed by atoms with Crippen molar-refractivity contribution in [3.8, 4) is 0 Å². The van der Waals surface area contributed by atoms with E-state index in [4.69, 9.17) is 22.0 Å². The van der Waals surface area contributed by atoms with Crippen molar-refractivity contribution in [2.45, 2.75) is 89.9 Å². The zero-order chi connectivity index (χ0) is 16.7. The van der Waals surface area contributed by atoms with Gasteiger partial charge in [-0.25, -0.2) is 0 Å². The second-order valence-corrected chi connectivity index (χ2v) is 9.24. The van der Waals surface area contributed by atoms with Gasteiger partial charge in [-0.1, -0.05) is 82.8 Å².